The van der Waals surface area contributed by atoms with E-state index >= 15 is 0 Å². The van der Waals surface area contributed by atoms with Crippen molar-refractivity contribution >= 4 is 22.7 Å². The van der Waals surface area contributed by atoms with Gasteiger partial charge >= 0.3 is 5.95 Å². The Labute approximate surface area is 145 Å². The molecule has 0 atom stereocenters. The number of methoxy groups -OCH3 is 1. The van der Waals surface area contributed by atoms with Crippen LogP contribution in [0.5, 0.6) is 5.75 Å². The van der Waals surface area contributed by atoms with E-state index in [0.29, 0.717) is 6.54 Å². The Balaban J connectivity index is 0.00000200. The fraction of sp³-hybridized carbons (Fsp3) is 0.267. The molecule has 0 amide bonds. The minimum absolute atomic E-state index is 0. The molecular formula is C15H19Br2FN2O. The Morgan fingerprint density at radius 1 is 1.19 bits per heavy atom. The highest BCUT2D eigenvalue weighted by Gasteiger charge is 2.14. The molecule has 0 fully saturated rings. The standard InChI is InChI=1S/C15H18FN2O.2BrH/c1-17(2)13-8-9-18(15(16)10-13)11-12-6-4-5-7-14(12)19-3;;/h4-10H,11H2,1-3H3;2*1H/q+1;;/p-1. The number of halogens is 3. The molecule has 1 heterocycles. The van der Waals surface area contributed by atoms with Gasteiger partial charge in [-0.25, -0.2) is 0 Å². The van der Waals surface area contributed by atoms with E-state index in [1.165, 1.54) is 6.07 Å². The quantitative estimate of drug-likeness (QED) is 0.503. The first-order valence-electron chi connectivity index (χ1n) is 6.10. The third-order valence-electron chi connectivity index (χ3n) is 3.02. The summed E-state index contributed by atoms with van der Waals surface area (Å²) < 4.78 is 20.9. The second-order valence-electron chi connectivity index (χ2n) is 4.54. The number of ether oxygens (including phenoxy) is 1. The maximum atomic E-state index is 14.0. The highest BCUT2D eigenvalue weighted by atomic mass is 79.9. The fourth-order valence-corrected chi connectivity index (χ4v) is 1.91. The first kappa shape index (κ1) is 19.9. The minimum atomic E-state index is -0.267. The van der Waals surface area contributed by atoms with Crippen LogP contribution in [-0.4, -0.2) is 21.2 Å². The van der Waals surface area contributed by atoms with Gasteiger partial charge in [0.25, 0.3) is 0 Å². The van der Waals surface area contributed by atoms with Gasteiger partial charge < -0.3 is 26.6 Å². The van der Waals surface area contributed by atoms with E-state index in [4.69, 9.17) is 4.74 Å². The van der Waals surface area contributed by atoms with Crippen LogP contribution in [0.25, 0.3) is 0 Å². The van der Waals surface area contributed by atoms with E-state index in [9.17, 15) is 4.39 Å². The zero-order valence-electron chi connectivity index (χ0n) is 12.2. The summed E-state index contributed by atoms with van der Waals surface area (Å²) in [6, 6.07) is 11.0. The average Bonchev–Trinajstić information content (AvgIpc) is 2.41. The zero-order valence-corrected chi connectivity index (χ0v) is 15.5. The van der Waals surface area contributed by atoms with Crippen LogP contribution in [0, 0.1) is 5.95 Å². The highest BCUT2D eigenvalue weighted by molar-refractivity contribution is 8.93. The van der Waals surface area contributed by atoms with Crippen LogP contribution in [-0.2, 0) is 6.54 Å². The van der Waals surface area contributed by atoms with Crippen molar-refractivity contribution in [1.29, 1.82) is 0 Å². The predicted octanol–water partition coefficient (Wildman–Crippen LogP) is -0.182. The number of rotatable bonds is 4. The second-order valence-corrected chi connectivity index (χ2v) is 4.54. The van der Waals surface area contributed by atoms with Crippen molar-refractivity contribution < 1.29 is 30.7 Å². The molecule has 2 rings (SSSR count). The van der Waals surface area contributed by atoms with Gasteiger partial charge in [0.1, 0.15) is 5.75 Å². The normalized spacial score (nSPS) is 9.33. The largest absolute Gasteiger partial charge is 1.00 e. The molecule has 2 aromatic rings. The molecule has 0 bridgehead atoms. The smallest absolute Gasteiger partial charge is 0.361 e. The van der Waals surface area contributed by atoms with E-state index in [-0.39, 0.29) is 39.9 Å². The lowest BCUT2D eigenvalue weighted by Crippen LogP contribution is -3.00. The topological polar surface area (TPSA) is 16.4 Å². The van der Waals surface area contributed by atoms with Crippen molar-refractivity contribution in [3.05, 3.63) is 54.1 Å². The molecule has 0 saturated carbocycles. The highest BCUT2D eigenvalue weighted by Crippen LogP contribution is 2.17. The SMILES string of the molecule is Br.COc1ccccc1C[n+]1ccc(N(C)C)cc1F.[Br-]. The van der Waals surface area contributed by atoms with E-state index in [1.54, 1.807) is 17.9 Å². The van der Waals surface area contributed by atoms with E-state index in [0.717, 1.165) is 17.0 Å². The summed E-state index contributed by atoms with van der Waals surface area (Å²) in [5, 5.41) is 0. The summed E-state index contributed by atoms with van der Waals surface area (Å²) >= 11 is 0. The summed E-state index contributed by atoms with van der Waals surface area (Å²) in [7, 11) is 5.40. The number of benzene rings is 1. The van der Waals surface area contributed by atoms with Gasteiger partial charge in [0.05, 0.1) is 24.4 Å². The molecule has 0 spiro atoms. The summed E-state index contributed by atoms with van der Waals surface area (Å²) in [6.07, 6.45) is 1.75. The number of hydrogen-bond acceptors (Lipinski definition) is 2. The molecule has 0 aliphatic carbocycles. The summed E-state index contributed by atoms with van der Waals surface area (Å²) in [6.45, 7) is 0.448. The zero-order chi connectivity index (χ0) is 13.8. The number of nitrogens with zero attached hydrogens (tertiary/aromatic N) is 2. The number of para-hydroxylation sites is 1. The molecule has 0 radical (unpaired) electrons. The molecule has 0 aliphatic rings. The molecule has 6 heteroatoms. The van der Waals surface area contributed by atoms with E-state index < -0.39 is 0 Å². The minimum Gasteiger partial charge on any atom is -1.00 e. The third kappa shape index (κ3) is 4.97. The van der Waals surface area contributed by atoms with Gasteiger partial charge in [-0.15, -0.1) is 21.4 Å². The molecule has 0 aliphatic heterocycles. The first-order valence-corrected chi connectivity index (χ1v) is 6.10. The molecule has 1 aromatic heterocycles. The van der Waals surface area contributed by atoms with Crippen LogP contribution in [0.1, 0.15) is 5.56 Å². The van der Waals surface area contributed by atoms with Crippen LogP contribution in [0.15, 0.2) is 42.6 Å². The molecule has 116 valence electrons. The Hall–Kier alpha value is -1.14. The molecule has 0 N–H and O–H groups in total. The van der Waals surface area contributed by atoms with Gasteiger partial charge in [-0.3, -0.25) is 0 Å². The van der Waals surface area contributed by atoms with Crippen LogP contribution < -0.4 is 31.2 Å². The molecule has 0 saturated heterocycles. The lowest BCUT2D eigenvalue weighted by molar-refractivity contribution is -0.715. The van der Waals surface area contributed by atoms with Crippen molar-refractivity contribution in [2.24, 2.45) is 0 Å². The Morgan fingerprint density at radius 3 is 2.43 bits per heavy atom. The maximum Gasteiger partial charge on any atom is 0.361 e. The average molecular weight is 422 g/mol. The van der Waals surface area contributed by atoms with Gasteiger partial charge in [0.2, 0.25) is 0 Å². The Morgan fingerprint density at radius 2 is 1.86 bits per heavy atom. The van der Waals surface area contributed by atoms with Gasteiger partial charge in [-0.05, 0) is 12.1 Å². The van der Waals surface area contributed by atoms with Gasteiger partial charge in [0, 0.05) is 20.2 Å². The van der Waals surface area contributed by atoms with E-state index in [2.05, 4.69) is 0 Å². The first-order chi connectivity index (χ1) is 9.11. The lowest BCUT2D eigenvalue weighted by Gasteiger charge is -2.11. The Bertz CT molecular complexity index is 579. The number of hydrogen-bond donors (Lipinski definition) is 0. The monoisotopic (exact) mass is 420 g/mol. The van der Waals surface area contributed by atoms with Crippen LogP contribution in [0.4, 0.5) is 10.1 Å². The van der Waals surface area contributed by atoms with Gasteiger partial charge in [-0.2, -0.15) is 4.57 Å². The van der Waals surface area contributed by atoms with Crippen LogP contribution >= 0.6 is 17.0 Å². The summed E-state index contributed by atoms with van der Waals surface area (Å²) in [5.41, 5.74) is 1.79. The molecule has 0 unspecified atom stereocenters. The lowest BCUT2D eigenvalue weighted by atomic mass is 10.2. The van der Waals surface area contributed by atoms with E-state index in [1.807, 2.05) is 49.3 Å². The molecule has 21 heavy (non-hydrogen) atoms. The number of aromatic nitrogens is 1. The summed E-state index contributed by atoms with van der Waals surface area (Å²) in [5.74, 6) is 0.503. The second kappa shape index (κ2) is 9.00. The fourth-order valence-electron chi connectivity index (χ4n) is 1.91. The maximum absolute atomic E-state index is 14.0. The van der Waals surface area contributed by atoms with Crippen molar-refractivity contribution in [2.75, 3.05) is 26.1 Å². The Kier molecular flexibility index (Phi) is 8.51. The van der Waals surface area contributed by atoms with Crippen LogP contribution in [0.2, 0.25) is 0 Å². The van der Waals surface area contributed by atoms with Crippen molar-refractivity contribution in [1.82, 2.24) is 0 Å². The third-order valence-corrected chi connectivity index (χ3v) is 3.02. The number of anilines is 1. The predicted molar refractivity (Wildman–Crippen MR) is 83.3 cm³/mol. The molecular weight excluding hydrogens is 403 g/mol. The van der Waals surface area contributed by atoms with Crippen molar-refractivity contribution in [3.63, 3.8) is 0 Å². The van der Waals surface area contributed by atoms with Crippen molar-refractivity contribution in [2.45, 2.75) is 6.54 Å². The molecule has 3 nitrogen and oxygen atoms in total. The van der Waals surface area contributed by atoms with Gasteiger partial charge in [0.15, 0.2) is 12.7 Å². The number of pyridine rings is 1. The van der Waals surface area contributed by atoms with Crippen molar-refractivity contribution in [3.8, 4) is 5.75 Å². The molecule has 1 aromatic carbocycles. The van der Waals surface area contributed by atoms with Crippen LogP contribution in [0.3, 0.4) is 0 Å². The summed E-state index contributed by atoms with van der Waals surface area (Å²) in [4.78, 5) is 1.87. The van der Waals surface area contributed by atoms with Gasteiger partial charge in [-0.1, -0.05) is 12.1 Å².